The molecule has 216 valence electrons. The summed E-state index contributed by atoms with van der Waals surface area (Å²) in [5, 5.41) is 21.0. The number of carbonyl (C=O) groups is 2. The summed E-state index contributed by atoms with van der Waals surface area (Å²) in [6.07, 6.45) is -1.74. The van der Waals surface area contributed by atoms with Crippen LogP contribution in [0.4, 0.5) is 27.6 Å². The fraction of sp³-hybridized carbons (Fsp3) is 0.185. The maximum Gasteiger partial charge on any atom is 0.339 e. The predicted molar refractivity (Wildman–Crippen MR) is 139 cm³/mol. The van der Waals surface area contributed by atoms with E-state index in [1.165, 1.54) is 4.72 Å². The molecule has 0 aliphatic heterocycles. The lowest BCUT2D eigenvalue weighted by Crippen LogP contribution is -2.62. The van der Waals surface area contributed by atoms with Crippen LogP contribution in [0.5, 0.6) is 5.75 Å². The number of thiol groups is 1. The van der Waals surface area contributed by atoms with Gasteiger partial charge in [-0.15, -0.1) is 0 Å². The van der Waals surface area contributed by atoms with E-state index in [-0.39, 0.29) is 5.69 Å². The number of allylic oxidation sites excluding steroid dienone is 2. The number of rotatable bonds is 8. The van der Waals surface area contributed by atoms with Crippen molar-refractivity contribution in [3.63, 3.8) is 0 Å². The number of nitrogens with one attached hydrogen (secondary N) is 1. The molecule has 0 bridgehead atoms. The average molecular weight is 597 g/mol. The minimum atomic E-state index is -4.09. The molecular formula is C27H21F5N2O6S. The summed E-state index contributed by atoms with van der Waals surface area (Å²) in [7, 11) is -3.92. The van der Waals surface area contributed by atoms with E-state index < -0.39 is 81.6 Å². The molecule has 0 aromatic heterocycles. The Balaban J connectivity index is 1.82. The molecule has 0 fully saturated rings. The highest BCUT2D eigenvalue weighted by Crippen LogP contribution is 2.51. The van der Waals surface area contributed by atoms with E-state index in [1.54, 1.807) is 42.5 Å². The molecule has 1 amide bonds. The van der Waals surface area contributed by atoms with E-state index in [4.69, 9.17) is 0 Å². The first-order valence-corrected chi connectivity index (χ1v) is 12.9. The zero-order chi connectivity index (χ0) is 30.3. The van der Waals surface area contributed by atoms with Crippen LogP contribution in [0.3, 0.4) is 0 Å². The molecule has 1 aliphatic rings. The summed E-state index contributed by atoms with van der Waals surface area (Å²) in [5.41, 5.74) is -7.84. The minimum absolute atomic E-state index is 0.221. The molecule has 3 aromatic carbocycles. The SMILES string of the molecule is CC1(N[SH](=O)=O)C(F)=C(F)C(F)=C(F)C1(F)CC(=O)N(Cc1ccc2ccccc2c1)c1ccc(C(=O)O)c(O)c1. The van der Waals surface area contributed by atoms with Gasteiger partial charge in [0, 0.05) is 11.8 Å². The van der Waals surface area contributed by atoms with Crippen molar-refractivity contribution < 1.29 is 50.2 Å². The number of halogens is 5. The first-order chi connectivity index (χ1) is 19.2. The predicted octanol–water partition coefficient (Wildman–Crippen LogP) is 5.06. The Morgan fingerprint density at radius 2 is 1.56 bits per heavy atom. The molecule has 3 aromatic rings. The van der Waals surface area contributed by atoms with Gasteiger partial charge in [0.2, 0.25) is 16.8 Å². The normalized spacial score (nSPS) is 21.0. The Kier molecular flexibility index (Phi) is 7.91. The molecule has 41 heavy (non-hydrogen) atoms. The fourth-order valence-corrected chi connectivity index (χ4v) is 5.21. The lowest BCUT2D eigenvalue weighted by molar-refractivity contribution is -0.122. The fourth-order valence-electron chi connectivity index (χ4n) is 4.57. The Bertz CT molecular complexity index is 1720. The van der Waals surface area contributed by atoms with Gasteiger partial charge in [0.15, 0.2) is 29.0 Å². The van der Waals surface area contributed by atoms with Gasteiger partial charge in [-0.2, -0.15) is 0 Å². The monoisotopic (exact) mass is 596 g/mol. The molecule has 4 rings (SSSR count). The number of benzene rings is 3. The van der Waals surface area contributed by atoms with Gasteiger partial charge in [0.25, 0.3) is 0 Å². The van der Waals surface area contributed by atoms with Gasteiger partial charge in [-0.1, -0.05) is 36.4 Å². The van der Waals surface area contributed by atoms with Gasteiger partial charge >= 0.3 is 5.97 Å². The van der Waals surface area contributed by atoms with Gasteiger partial charge in [0.1, 0.15) is 16.9 Å². The van der Waals surface area contributed by atoms with Gasteiger partial charge < -0.3 is 15.1 Å². The number of phenols is 1. The van der Waals surface area contributed by atoms with Gasteiger partial charge in [0.05, 0.1) is 13.0 Å². The summed E-state index contributed by atoms with van der Waals surface area (Å²) in [5.74, 6) is -13.6. The number of carboxylic acids is 1. The number of carbonyl (C=O) groups excluding carboxylic acids is 1. The number of hydrogen-bond donors (Lipinski definition) is 4. The summed E-state index contributed by atoms with van der Waals surface area (Å²) < 4.78 is 98.6. The summed E-state index contributed by atoms with van der Waals surface area (Å²) in [6, 6.07) is 14.9. The van der Waals surface area contributed by atoms with Crippen molar-refractivity contribution in [2.75, 3.05) is 4.90 Å². The van der Waals surface area contributed by atoms with Crippen molar-refractivity contribution in [2.45, 2.75) is 31.1 Å². The first-order valence-electron chi connectivity index (χ1n) is 11.8. The van der Waals surface area contributed by atoms with Crippen LogP contribution in [-0.2, 0) is 22.2 Å². The molecule has 1 aliphatic carbocycles. The van der Waals surface area contributed by atoms with Crippen LogP contribution < -0.4 is 9.62 Å². The average Bonchev–Trinajstić information content (AvgIpc) is 2.92. The molecule has 0 spiro atoms. The number of aromatic carboxylic acids is 1. The number of alkyl halides is 1. The van der Waals surface area contributed by atoms with Gasteiger partial charge in [-0.05, 0) is 41.5 Å². The van der Waals surface area contributed by atoms with Gasteiger partial charge in [-0.3, -0.25) is 4.79 Å². The Labute approximate surface area is 231 Å². The Morgan fingerprint density at radius 1 is 0.927 bits per heavy atom. The number of anilines is 1. The van der Waals surface area contributed by atoms with Crippen LogP contribution in [0.15, 0.2) is 84.0 Å². The lowest BCUT2D eigenvalue weighted by atomic mass is 9.75. The highest BCUT2D eigenvalue weighted by Gasteiger charge is 2.63. The van der Waals surface area contributed by atoms with Crippen LogP contribution in [-0.4, -0.2) is 41.7 Å². The van der Waals surface area contributed by atoms with Crippen molar-refractivity contribution in [1.29, 1.82) is 0 Å². The third kappa shape index (κ3) is 5.27. The second-order valence-corrected chi connectivity index (χ2v) is 10.1. The van der Waals surface area contributed by atoms with E-state index in [0.29, 0.717) is 12.5 Å². The third-order valence-corrected chi connectivity index (χ3v) is 7.48. The van der Waals surface area contributed by atoms with E-state index >= 15 is 8.78 Å². The van der Waals surface area contributed by atoms with Gasteiger partial charge in [-0.25, -0.2) is 39.9 Å². The molecule has 0 radical (unpaired) electrons. The molecule has 2 unspecified atom stereocenters. The highest BCUT2D eigenvalue weighted by molar-refractivity contribution is 7.70. The van der Waals surface area contributed by atoms with Crippen molar-refractivity contribution in [3.05, 3.63) is 95.1 Å². The van der Waals surface area contributed by atoms with E-state index in [2.05, 4.69) is 0 Å². The topological polar surface area (TPSA) is 124 Å². The first kappa shape index (κ1) is 29.7. The zero-order valence-corrected chi connectivity index (χ0v) is 21.9. The standard InChI is InChI=1S/C27H21F5N2O6S/c1-26(33-41(39)40)23(30)21(28)22(29)24(31)27(26,32)12-20(36)34(17-8-9-18(25(37)38)19(35)11-17)13-14-6-7-15-4-2-3-5-16(15)10-14/h2-11,35,41H,12-13H2,1H3,(H,37,38)(H,33,39,40). The molecule has 0 saturated heterocycles. The lowest BCUT2D eigenvalue weighted by Gasteiger charge is -2.42. The number of hydrogen-bond acceptors (Lipinski definition) is 5. The van der Waals surface area contributed by atoms with E-state index in [9.17, 15) is 41.4 Å². The molecule has 2 atom stereocenters. The summed E-state index contributed by atoms with van der Waals surface area (Å²) >= 11 is 0. The number of nitrogens with zero attached hydrogens (tertiary/aromatic N) is 1. The van der Waals surface area contributed by atoms with Crippen LogP contribution in [0.1, 0.15) is 29.3 Å². The third-order valence-electron chi connectivity index (χ3n) is 6.85. The van der Waals surface area contributed by atoms with E-state index in [1.807, 2.05) is 0 Å². The minimum Gasteiger partial charge on any atom is -0.507 e. The van der Waals surface area contributed by atoms with Crippen LogP contribution in [0.2, 0.25) is 0 Å². The Hall–Kier alpha value is -4.30. The number of fused-ring (bicyclic) bond motifs is 1. The van der Waals surface area contributed by atoms with E-state index in [0.717, 1.165) is 33.9 Å². The maximum atomic E-state index is 16.4. The number of aromatic hydroxyl groups is 1. The van der Waals surface area contributed by atoms with Crippen LogP contribution in [0, 0.1) is 0 Å². The van der Waals surface area contributed by atoms with Crippen LogP contribution >= 0.6 is 0 Å². The van der Waals surface area contributed by atoms with Crippen LogP contribution in [0.25, 0.3) is 10.8 Å². The smallest absolute Gasteiger partial charge is 0.339 e. The highest BCUT2D eigenvalue weighted by atomic mass is 32.2. The van der Waals surface area contributed by atoms with Crippen molar-refractivity contribution in [3.8, 4) is 5.75 Å². The largest absolute Gasteiger partial charge is 0.507 e. The number of amides is 1. The second-order valence-electron chi connectivity index (χ2n) is 9.40. The summed E-state index contributed by atoms with van der Waals surface area (Å²) in [6.45, 7) is 0.0135. The quantitative estimate of drug-likeness (QED) is 0.213. The maximum absolute atomic E-state index is 16.4. The summed E-state index contributed by atoms with van der Waals surface area (Å²) in [4.78, 5) is 25.7. The second kappa shape index (κ2) is 10.9. The van der Waals surface area contributed by atoms with Crippen molar-refractivity contribution in [1.82, 2.24) is 4.72 Å². The molecule has 8 nitrogen and oxygen atoms in total. The molecule has 3 N–H and O–H groups in total. The van der Waals surface area contributed by atoms with Crippen molar-refractivity contribution in [2.24, 2.45) is 0 Å². The molecule has 14 heteroatoms. The number of carboxylic acid groups (broad SMARTS) is 1. The molecule has 0 saturated carbocycles. The Morgan fingerprint density at radius 3 is 2.17 bits per heavy atom. The zero-order valence-electron chi connectivity index (χ0n) is 21.0. The van der Waals surface area contributed by atoms with Crippen molar-refractivity contribution >= 4 is 39.2 Å². The molecular weight excluding hydrogens is 575 g/mol. The molecule has 0 heterocycles.